The Morgan fingerprint density at radius 2 is 2.22 bits per heavy atom. The van der Waals surface area contributed by atoms with Gasteiger partial charge >= 0.3 is 0 Å². The highest BCUT2D eigenvalue weighted by molar-refractivity contribution is 6.32. The van der Waals surface area contributed by atoms with E-state index >= 15 is 0 Å². The molecule has 1 heterocycles. The number of nitrogens with one attached hydrogen (secondary N) is 1. The lowest BCUT2D eigenvalue weighted by Crippen LogP contribution is -2.25. The molecular weight excluding hydrogens is 250 g/mol. The van der Waals surface area contributed by atoms with Crippen molar-refractivity contribution < 1.29 is 9.47 Å². The number of ether oxygens (including phenoxy) is 2. The topological polar surface area (TPSA) is 30.5 Å². The standard InChI is InChI=1S/C14H18ClNO2/c1-9-2-3-11(4-9)16-7-10-5-12(15)14-13(6-10)17-8-18-14/h5-6,9,11,16H,2-4,7-8H2,1H3. The number of fused-ring (bicyclic) bond motifs is 1. The minimum Gasteiger partial charge on any atom is -0.454 e. The van der Waals surface area contributed by atoms with Gasteiger partial charge in [0.15, 0.2) is 11.5 Å². The molecule has 1 N–H and O–H groups in total. The summed E-state index contributed by atoms with van der Waals surface area (Å²) >= 11 is 6.16. The van der Waals surface area contributed by atoms with Crippen molar-refractivity contribution in [1.29, 1.82) is 0 Å². The Balaban J connectivity index is 1.65. The zero-order valence-electron chi connectivity index (χ0n) is 10.5. The summed E-state index contributed by atoms with van der Waals surface area (Å²) in [6, 6.07) is 4.62. The first-order chi connectivity index (χ1) is 8.72. The minimum atomic E-state index is 0.270. The highest BCUT2D eigenvalue weighted by Gasteiger charge is 2.22. The summed E-state index contributed by atoms with van der Waals surface area (Å²) in [5.74, 6) is 2.29. The third kappa shape index (κ3) is 2.43. The van der Waals surface area contributed by atoms with Gasteiger partial charge < -0.3 is 14.8 Å². The number of hydrogen-bond acceptors (Lipinski definition) is 3. The summed E-state index contributed by atoms with van der Waals surface area (Å²) in [6.45, 7) is 3.43. The molecule has 2 atom stereocenters. The highest BCUT2D eigenvalue weighted by Crippen LogP contribution is 2.39. The molecule has 0 radical (unpaired) electrons. The summed E-state index contributed by atoms with van der Waals surface area (Å²) in [6.07, 6.45) is 3.89. The second kappa shape index (κ2) is 4.98. The van der Waals surface area contributed by atoms with E-state index in [1.165, 1.54) is 19.3 Å². The second-order valence-electron chi connectivity index (χ2n) is 5.31. The van der Waals surface area contributed by atoms with E-state index in [1.807, 2.05) is 12.1 Å². The smallest absolute Gasteiger partial charge is 0.231 e. The van der Waals surface area contributed by atoms with Crippen LogP contribution in [0.1, 0.15) is 31.7 Å². The maximum atomic E-state index is 6.16. The molecule has 0 amide bonds. The van der Waals surface area contributed by atoms with Crippen molar-refractivity contribution in [2.24, 2.45) is 5.92 Å². The molecule has 2 aliphatic rings. The molecule has 1 fully saturated rings. The number of rotatable bonds is 3. The van der Waals surface area contributed by atoms with Crippen molar-refractivity contribution in [1.82, 2.24) is 5.32 Å². The first-order valence-electron chi connectivity index (χ1n) is 6.54. The Labute approximate surface area is 112 Å². The zero-order chi connectivity index (χ0) is 12.5. The molecule has 0 spiro atoms. The summed E-state index contributed by atoms with van der Waals surface area (Å²) in [5.41, 5.74) is 1.16. The van der Waals surface area contributed by atoms with Crippen molar-refractivity contribution in [2.45, 2.75) is 38.8 Å². The van der Waals surface area contributed by atoms with Crippen LogP contribution in [0.2, 0.25) is 5.02 Å². The Kier molecular flexibility index (Phi) is 3.35. The monoisotopic (exact) mass is 267 g/mol. The first-order valence-corrected chi connectivity index (χ1v) is 6.91. The van der Waals surface area contributed by atoms with Crippen LogP contribution in [-0.4, -0.2) is 12.8 Å². The molecule has 4 heteroatoms. The molecule has 3 nitrogen and oxygen atoms in total. The zero-order valence-corrected chi connectivity index (χ0v) is 11.3. The fourth-order valence-corrected chi connectivity index (χ4v) is 3.07. The van der Waals surface area contributed by atoms with E-state index in [-0.39, 0.29) is 6.79 Å². The molecule has 0 bridgehead atoms. The minimum absolute atomic E-state index is 0.270. The van der Waals surface area contributed by atoms with Gasteiger partial charge in [0.05, 0.1) is 5.02 Å². The Morgan fingerprint density at radius 1 is 1.33 bits per heavy atom. The average molecular weight is 268 g/mol. The molecule has 98 valence electrons. The van der Waals surface area contributed by atoms with Crippen molar-refractivity contribution in [3.63, 3.8) is 0 Å². The van der Waals surface area contributed by atoms with Gasteiger partial charge in [-0.1, -0.05) is 18.5 Å². The summed E-state index contributed by atoms with van der Waals surface area (Å²) < 4.78 is 10.7. The van der Waals surface area contributed by atoms with Gasteiger partial charge in [-0.15, -0.1) is 0 Å². The molecule has 1 aromatic carbocycles. The van der Waals surface area contributed by atoms with E-state index in [4.69, 9.17) is 21.1 Å². The molecule has 1 aliphatic heterocycles. The SMILES string of the molecule is CC1CCC(NCc2cc(Cl)c3c(c2)OCO3)C1. The number of hydrogen-bond donors (Lipinski definition) is 1. The fraction of sp³-hybridized carbons (Fsp3) is 0.571. The van der Waals surface area contributed by atoms with Gasteiger partial charge in [-0.25, -0.2) is 0 Å². The van der Waals surface area contributed by atoms with Crippen LogP contribution in [0, 0.1) is 5.92 Å². The van der Waals surface area contributed by atoms with Crippen molar-refractivity contribution in [3.05, 3.63) is 22.7 Å². The van der Waals surface area contributed by atoms with Crippen LogP contribution in [0.4, 0.5) is 0 Å². The van der Waals surface area contributed by atoms with E-state index in [2.05, 4.69) is 12.2 Å². The fourth-order valence-electron chi connectivity index (χ4n) is 2.78. The lowest BCUT2D eigenvalue weighted by atomic mass is 10.1. The van der Waals surface area contributed by atoms with Crippen LogP contribution in [0.15, 0.2) is 12.1 Å². The first kappa shape index (κ1) is 12.1. The maximum Gasteiger partial charge on any atom is 0.231 e. The number of benzene rings is 1. The quantitative estimate of drug-likeness (QED) is 0.911. The molecular formula is C14H18ClNO2. The van der Waals surface area contributed by atoms with E-state index in [9.17, 15) is 0 Å². The normalized spacial score (nSPS) is 25.7. The average Bonchev–Trinajstić information content (AvgIpc) is 2.95. The summed E-state index contributed by atoms with van der Waals surface area (Å²) in [7, 11) is 0. The van der Waals surface area contributed by atoms with Crippen LogP contribution in [0.3, 0.4) is 0 Å². The lowest BCUT2D eigenvalue weighted by molar-refractivity contribution is 0.174. The van der Waals surface area contributed by atoms with Crippen molar-refractivity contribution >= 4 is 11.6 Å². The molecule has 0 aromatic heterocycles. The van der Waals surface area contributed by atoms with Gasteiger partial charge in [0.1, 0.15) is 0 Å². The van der Waals surface area contributed by atoms with Gasteiger partial charge in [-0.3, -0.25) is 0 Å². The summed E-state index contributed by atoms with van der Waals surface area (Å²) in [4.78, 5) is 0. The van der Waals surface area contributed by atoms with Crippen LogP contribution < -0.4 is 14.8 Å². The Morgan fingerprint density at radius 3 is 3.00 bits per heavy atom. The second-order valence-corrected chi connectivity index (χ2v) is 5.71. The molecule has 1 aliphatic carbocycles. The third-order valence-corrected chi connectivity index (χ3v) is 4.06. The highest BCUT2D eigenvalue weighted by atomic mass is 35.5. The predicted octanol–water partition coefficient (Wildman–Crippen LogP) is 3.35. The van der Waals surface area contributed by atoms with Gasteiger partial charge in [0.25, 0.3) is 0 Å². The van der Waals surface area contributed by atoms with Gasteiger partial charge in [-0.2, -0.15) is 0 Å². The van der Waals surface area contributed by atoms with Crippen molar-refractivity contribution in [3.8, 4) is 11.5 Å². The molecule has 1 saturated carbocycles. The van der Waals surface area contributed by atoms with Crippen LogP contribution in [0.5, 0.6) is 11.5 Å². The van der Waals surface area contributed by atoms with E-state index in [1.54, 1.807) is 0 Å². The van der Waals surface area contributed by atoms with Gasteiger partial charge in [0.2, 0.25) is 6.79 Å². The molecule has 0 saturated heterocycles. The Bertz CT molecular complexity index is 450. The van der Waals surface area contributed by atoms with E-state index < -0.39 is 0 Å². The molecule has 18 heavy (non-hydrogen) atoms. The predicted molar refractivity (Wildman–Crippen MR) is 71.2 cm³/mol. The molecule has 3 rings (SSSR count). The molecule has 2 unspecified atom stereocenters. The maximum absolute atomic E-state index is 6.16. The largest absolute Gasteiger partial charge is 0.454 e. The number of halogens is 1. The van der Waals surface area contributed by atoms with Gasteiger partial charge in [-0.05, 0) is 42.9 Å². The van der Waals surface area contributed by atoms with Crippen molar-refractivity contribution in [2.75, 3.05) is 6.79 Å². The van der Waals surface area contributed by atoms with E-state index in [0.717, 1.165) is 23.8 Å². The Hall–Kier alpha value is -0.930. The molecule has 1 aromatic rings. The van der Waals surface area contributed by atoms with Gasteiger partial charge in [0, 0.05) is 12.6 Å². The van der Waals surface area contributed by atoms with Crippen LogP contribution in [0.25, 0.3) is 0 Å². The van der Waals surface area contributed by atoms with Crippen LogP contribution in [-0.2, 0) is 6.54 Å². The third-order valence-electron chi connectivity index (χ3n) is 3.78. The van der Waals surface area contributed by atoms with E-state index in [0.29, 0.717) is 16.8 Å². The lowest BCUT2D eigenvalue weighted by Gasteiger charge is -2.13. The summed E-state index contributed by atoms with van der Waals surface area (Å²) in [5, 5.41) is 4.23. The van der Waals surface area contributed by atoms with Crippen LogP contribution >= 0.6 is 11.6 Å².